The van der Waals surface area contributed by atoms with E-state index < -0.39 is 17.5 Å². The van der Waals surface area contributed by atoms with E-state index in [2.05, 4.69) is 5.32 Å². The van der Waals surface area contributed by atoms with Crippen LogP contribution in [0.5, 0.6) is 5.75 Å². The monoisotopic (exact) mass is 268 g/mol. The second-order valence-corrected chi connectivity index (χ2v) is 3.80. The Morgan fingerprint density at radius 1 is 1.05 bits per heavy atom. The zero-order valence-corrected chi connectivity index (χ0v) is 10.0. The van der Waals surface area contributed by atoms with Crippen molar-refractivity contribution in [2.75, 3.05) is 18.2 Å². The van der Waals surface area contributed by atoms with Gasteiger partial charge < -0.3 is 15.8 Å². The fourth-order valence-electron chi connectivity index (χ4n) is 1.55. The van der Waals surface area contributed by atoms with E-state index in [1.807, 2.05) is 0 Å². The van der Waals surface area contributed by atoms with Crippen molar-refractivity contribution in [2.24, 2.45) is 0 Å². The Morgan fingerprint density at radius 3 is 2.42 bits per heavy atom. The van der Waals surface area contributed by atoms with Gasteiger partial charge in [0.05, 0.1) is 18.5 Å². The van der Waals surface area contributed by atoms with Crippen molar-refractivity contribution < 1.29 is 17.9 Å². The molecule has 100 valence electrons. The van der Waals surface area contributed by atoms with Gasteiger partial charge in [-0.2, -0.15) is 0 Å². The molecular weight excluding hydrogens is 257 g/mol. The molecule has 0 aliphatic rings. The molecule has 0 heterocycles. The van der Waals surface area contributed by atoms with E-state index in [0.29, 0.717) is 5.75 Å². The van der Waals surface area contributed by atoms with Crippen LogP contribution >= 0.6 is 0 Å². The van der Waals surface area contributed by atoms with Gasteiger partial charge in [-0.3, -0.25) is 0 Å². The van der Waals surface area contributed by atoms with E-state index in [1.165, 1.54) is 25.3 Å². The number of methoxy groups -OCH3 is 1. The van der Waals surface area contributed by atoms with Gasteiger partial charge in [0, 0.05) is 6.07 Å². The smallest absolute Gasteiger partial charge is 0.184 e. The van der Waals surface area contributed by atoms with E-state index in [0.717, 1.165) is 12.1 Å². The predicted molar refractivity (Wildman–Crippen MR) is 67.0 cm³/mol. The van der Waals surface area contributed by atoms with Gasteiger partial charge in [0.25, 0.3) is 0 Å². The second-order valence-electron chi connectivity index (χ2n) is 3.80. The highest BCUT2D eigenvalue weighted by Crippen LogP contribution is 2.30. The molecule has 2 rings (SSSR count). The number of hydrogen-bond acceptors (Lipinski definition) is 3. The highest BCUT2D eigenvalue weighted by molar-refractivity contribution is 5.73. The maximum atomic E-state index is 13.6. The molecule has 0 fully saturated rings. The Labute approximate surface area is 107 Å². The van der Waals surface area contributed by atoms with Gasteiger partial charge in [0.2, 0.25) is 0 Å². The summed E-state index contributed by atoms with van der Waals surface area (Å²) in [6.45, 7) is 0. The number of benzene rings is 2. The maximum absolute atomic E-state index is 13.6. The lowest BCUT2D eigenvalue weighted by Crippen LogP contribution is -2.03. The number of nitrogens with two attached hydrogens (primary N) is 1. The van der Waals surface area contributed by atoms with E-state index in [9.17, 15) is 13.2 Å². The van der Waals surface area contributed by atoms with Crippen molar-refractivity contribution in [1.82, 2.24) is 0 Å². The number of rotatable bonds is 3. The van der Waals surface area contributed by atoms with Gasteiger partial charge in [-0.25, -0.2) is 13.2 Å². The average Bonchev–Trinajstić information content (AvgIpc) is 2.41. The van der Waals surface area contributed by atoms with Gasteiger partial charge >= 0.3 is 0 Å². The molecule has 0 aliphatic heterocycles. The number of hydrogen-bond donors (Lipinski definition) is 2. The first kappa shape index (κ1) is 13.1. The SMILES string of the molecule is COc1ccc(F)c(Nc2c(N)ccc(F)c2F)c1. The lowest BCUT2D eigenvalue weighted by Gasteiger charge is -2.12. The molecule has 3 nitrogen and oxygen atoms in total. The molecule has 0 spiro atoms. The molecule has 0 radical (unpaired) electrons. The van der Waals surface area contributed by atoms with Crippen LogP contribution in [0.1, 0.15) is 0 Å². The van der Waals surface area contributed by atoms with Gasteiger partial charge in [-0.05, 0) is 24.3 Å². The molecule has 0 atom stereocenters. The summed E-state index contributed by atoms with van der Waals surface area (Å²) >= 11 is 0. The largest absolute Gasteiger partial charge is 0.497 e. The summed E-state index contributed by atoms with van der Waals surface area (Å²) in [6, 6.07) is 5.97. The van der Waals surface area contributed by atoms with Gasteiger partial charge in [-0.1, -0.05) is 0 Å². The summed E-state index contributed by atoms with van der Waals surface area (Å²) in [5, 5.41) is 2.43. The quantitative estimate of drug-likeness (QED) is 0.838. The third kappa shape index (κ3) is 2.57. The van der Waals surface area contributed by atoms with E-state index in [1.54, 1.807) is 0 Å². The van der Waals surface area contributed by atoms with Crippen molar-refractivity contribution in [3.8, 4) is 5.75 Å². The van der Waals surface area contributed by atoms with Crippen molar-refractivity contribution in [2.45, 2.75) is 0 Å². The Bertz CT molecular complexity index is 617. The molecule has 0 bridgehead atoms. The molecule has 2 aromatic carbocycles. The zero-order chi connectivity index (χ0) is 14.0. The summed E-state index contributed by atoms with van der Waals surface area (Å²) in [6.07, 6.45) is 0. The van der Waals surface area contributed by atoms with Crippen molar-refractivity contribution in [3.63, 3.8) is 0 Å². The number of nitrogen functional groups attached to an aromatic ring is 1. The molecule has 0 aromatic heterocycles. The molecule has 0 unspecified atom stereocenters. The topological polar surface area (TPSA) is 47.3 Å². The highest BCUT2D eigenvalue weighted by Gasteiger charge is 2.14. The van der Waals surface area contributed by atoms with Crippen LogP contribution in [0.4, 0.5) is 30.2 Å². The van der Waals surface area contributed by atoms with Crippen LogP contribution in [-0.4, -0.2) is 7.11 Å². The standard InChI is InChI=1S/C13H11F3N2O/c1-19-7-2-3-8(14)11(6-7)18-13-10(17)5-4-9(15)12(13)16/h2-6,18H,17H2,1H3. The number of nitrogens with one attached hydrogen (secondary N) is 1. The van der Waals surface area contributed by atoms with Crippen LogP contribution in [0, 0.1) is 17.5 Å². The second kappa shape index (κ2) is 5.09. The maximum Gasteiger partial charge on any atom is 0.184 e. The zero-order valence-electron chi connectivity index (χ0n) is 10.0. The van der Waals surface area contributed by atoms with Crippen LogP contribution in [-0.2, 0) is 0 Å². The van der Waals surface area contributed by atoms with Crippen molar-refractivity contribution in [1.29, 1.82) is 0 Å². The van der Waals surface area contributed by atoms with Crippen LogP contribution < -0.4 is 15.8 Å². The summed E-state index contributed by atoms with van der Waals surface area (Å²) in [5.74, 6) is -2.50. The summed E-state index contributed by atoms with van der Waals surface area (Å²) in [7, 11) is 1.41. The first-order chi connectivity index (χ1) is 9.02. The van der Waals surface area contributed by atoms with Gasteiger partial charge in [0.15, 0.2) is 11.6 Å². The third-order valence-electron chi connectivity index (χ3n) is 2.56. The normalized spacial score (nSPS) is 10.3. The van der Waals surface area contributed by atoms with Crippen LogP contribution in [0.15, 0.2) is 30.3 Å². The molecule has 0 saturated heterocycles. The molecular formula is C13H11F3N2O. The Hall–Kier alpha value is -2.37. The fraction of sp³-hybridized carbons (Fsp3) is 0.0769. The van der Waals surface area contributed by atoms with Crippen LogP contribution in [0.2, 0.25) is 0 Å². The van der Waals surface area contributed by atoms with Crippen LogP contribution in [0.25, 0.3) is 0 Å². The molecule has 3 N–H and O–H groups in total. The summed E-state index contributed by atoms with van der Waals surface area (Å²) in [4.78, 5) is 0. The Kier molecular flexibility index (Phi) is 3.50. The lowest BCUT2D eigenvalue weighted by atomic mass is 10.2. The van der Waals surface area contributed by atoms with Crippen molar-refractivity contribution >= 4 is 17.1 Å². The Balaban J connectivity index is 2.44. The summed E-state index contributed by atoms with van der Waals surface area (Å²) in [5.41, 5.74) is 5.14. The molecule has 6 heteroatoms. The summed E-state index contributed by atoms with van der Waals surface area (Å²) < 4.78 is 45.2. The van der Waals surface area contributed by atoms with Crippen molar-refractivity contribution in [3.05, 3.63) is 47.8 Å². The lowest BCUT2D eigenvalue weighted by molar-refractivity contribution is 0.414. The van der Waals surface area contributed by atoms with E-state index >= 15 is 0 Å². The molecule has 0 amide bonds. The predicted octanol–water partition coefficient (Wildman–Crippen LogP) is 3.44. The average molecular weight is 268 g/mol. The third-order valence-corrected chi connectivity index (χ3v) is 2.56. The van der Waals surface area contributed by atoms with Gasteiger partial charge in [-0.15, -0.1) is 0 Å². The van der Waals surface area contributed by atoms with Crippen LogP contribution in [0.3, 0.4) is 0 Å². The molecule has 19 heavy (non-hydrogen) atoms. The highest BCUT2D eigenvalue weighted by atomic mass is 19.2. The van der Waals surface area contributed by atoms with E-state index in [4.69, 9.17) is 10.5 Å². The molecule has 2 aromatic rings. The number of halogens is 3. The number of anilines is 3. The molecule has 0 aliphatic carbocycles. The van der Waals surface area contributed by atoms with E-state index in [-0.39, 0.29) is 17.1 Å². The first-order valence-electron chi connectivity index (χ1n) is 5.37. The minimum atomic E-state index is -1.16. The van der Waals surface area contributed by atoms with Gasteiger partial charge in [0.1, 0.15) is 17.3 Å². The minimum absolute atomic E-state index is 0.0267. The minimum Gasteiger partial charge on any atom is -0.497 e. The molecule has 0 saturated carbocycles. The number of ether oxygens (including phenoxy) is 1. The first-order valence-corrected chi connectivity index (χ1v) is 5.37. The Morgan fingerprint density at radius 2 is 1.74 bits per heavy atom. The fourth-order valence-corrected chi connectivity index (χ4v) is 1.55.